The van der Waals surface area contributed by atoms with Crippen LogP contribution in [-0.4, -0.2) is 16.9 Å². The lowest BCUT2D eigenvalue weighted by atomic mass is 10.1. The number of aliphatic carboxylic acids is 1. The molecule has 0 saturated carbocycles. The average molecular weight is 298 g/mol. The highest BCUT2D eigenvalue weighted by atomic mass is 32.2. The summed E-state index contributed by atoms with van der Waals surface area (Å²) in [6.45, 7) is 2.04. The lowest BCUT2D eigenvalue weighted by molar-refractivity contribution is -0.131. The molecule has 0 bridgehead atoms. The number of ketones is 1. The molecule has 21 heavy (non-hydrogen) atoms. The Labute approximate surface area is 127 Å². The number of hydrogen-bond acceptors (Lipinski definition) is 3. The third-order valence-corrected chi connectivity index (χ3v) is 3.79. The summed E-state index contributed by atoms with van der Waals surface area (Å²) in [4.78, 5) is 24.2. The predicted octanol–water partition coefficient (Wildman–Crippen LogP) is 3.97. The molecule has 0 radical (unpaired) electrons. The Kier molecular flexibility index (Phi) is 4.95. The molecule has 0 aliphatic rings. The Balaban J connectivity index is 2.06. The summed E-state index contributed by atoms with van der Waals surface area (Å²) in [7, 11) is 0. The first-order valence-corrected chi connectivity index (χ1v) is 7.16. The van der Waals surface area contributed by atoms with Gasteiger partial charge in [-0.3, -0.25) is 4.79 Å². The molecule has 106 valence electrons. The minimum atomic E-state index is -1.13. The molecule has 2 aromatic rings. The normalized spacial score (nSPS) is 10.7. The van der Waals surface area contributed by atoms with Crippen molar-refractivity contribution in [2.75, 3.05) is 0 Å². The molecular weight excluding hydrogens is 284 g/mol. The fourth-order valence-corrected chi connectivity index (χ4v) is 2.49. The van der Waals surface area contributed by atoms with E-state index in [9.17, 15) is 9.59 Å². The van der Waals surface area contributed by atoms with Crippen LogP contribution >= 0.6 is 11.8 Å². The number of carboxylic acids is 1. The van der Waals surface area contributed by atoms with Gasteiger partial charge in [0.2, 0.25) is 0 Å². The predicted molar refractivity (Wildman–Crippen MR) is 82.9 cm³/mol. The number of aryl methyl sites for hydroxylation is 1. The van der Waals surface area contributed by atoms with Gasteiger partial charge in [-0.1, -0.05) is 29.5 Å². The standard InChI is InChI=1S/C17H14O3S/c1-12-2-6-14(7-3-12)21-15-8-4-13(5-9-15)16(18)10-11-17(19)20/h2-11H,1H3,(H,19,20). The first-order valence-electron chi connectivity index (χ1n) is 6.34. The molecule has 3 nitrogen and oxygen atoms in total. The van der Waals surface area contributed by atoms with E-state index in [0.29, 0.717) is 5.56 Å². The largest absolute Gasteiger partial charge is 0.478 e. The highest BCUT2D eigenvalue weighted by molar-refractivity contribution is 7.99. The Bertz CT molecular complexity index is 670. The molecular formula is C17H14O3S. The molecule has 2 rings (SSSR count). The maximum absolute atomic E-state index is 11.7. The highest BCUT2D eigenvalue weighted by Crippen LogP contribution is 2.27. The van der Waals surface area contributed by atoms with Crippen LogP contribution in [0, 0.1) is 6.92 Å². The lowest BCUT2D eigenvalue weighted by Crippen LogP contribution is -1.96. The third-order valence-electron chi connectivity index (χ3n) is 2.77. The summed E-state index contributed by atoms with van der Waals surface area (Å²) in [5, 5.41) is 8.49. The summed E-state index contributed by atoms with van der Waals surface area (Å²) in [5.74, 6) is -1.45. The molecule has 0 fully saturated rings. The molecule has 0 atom stereocenters. The number of carbonyl (C=O) groups excluding carboxylic acids is 1. The van der Waals surface area contributed by atoms with Gasteiger partial charge in [0.05, 0.1) is 0 Å². The molecule has 0 saturated heterocycles. The van der Waals surface area contributed by atoms with E-state index in [1.165, 1.54) is 5.56 Å². The number of carbonyl (C=O) groups is 2. The van der Waals surface area contributed by atoms with E-state index in [1.54, 1.807) is 23.9 Å². The SMILES string of the molecule is Cc1ccc(Sc2ccc(C(=O)C=CC(=O)O)cc2)cc1. The van der Waals surface area contributed by atoms with Crippen LogP contribution < -0.4 is 0 Å². The number of benzene rings is 2. The first-order chi connectivity index (χ1) is 10.0. The summed E-state index contributed by atoms with van der Waals surface area (Å²) in [6, 6.07) is 15.3. The van der Waals surface area contributed by atoms with E-state index >= 15 is 0 Å². The van der Waals surface area contributed by atoms with Gasteiger partial charge < -0.3 is 5.11 Å². The molecule has 0 aliphatic carbocycles. The zero-order valence-corrected chi connectivity index (χ0v) is 12.3. The van der Waals surface area contributed by atoms with Crippen molar-refractivity contribution in [3.8, 4) is 0 Å². The van der Waals surface area contributed by atoms with Crippen molar-refractivity contribution in [3.63, 3.8) is 0 Å². The van der Waals surface area contributed by atoms with Gasteiger partial charge in [-0.15, -0.1) is 0 Å². The topological polar surface area (TPSA) is 54.4 Å². The molecule has 2 aromatic carbocycles. The summed E-state index contributed by atoms with van der Waals surface area (Å²) < 4.78 is 0. The van der Waals surface area contributed by atoms with Gasteiger partial charge in [-0.05, 0) is 49.4 Å². The first kappa shape index (κ1) is 15.1. The fourth-order valence-electron chi connectivity index (χ4n) is 1.67. The number of rotatable bonds is 5. The second-order valence-corrected chi connectivity index (χ2v) is 5.62. The summed E-state index contributed by atoms with van der Waals surface area (Å²) >= 11 is 1.61. The van der Waals surface area contributed by atoms with Crippen LogP contribution in [0.25, 0.3) is 0 Å². The smallest absolute Gasteiger partial charge is 0.328 e. The van der Waals surface area contributed by atoms with Gasteiger partial charge in [-0.25, -0.2) is 4.79 Å². The monoisotopic (exact) mass is 298 g/mol. The Morgan fingerprint density at radius 3 is 1.95 bits per heavy atom. The quantitative estimate of drug-likeness (QED) is 0.670. The second-order valence-electron chi connectivity index (χ2n) is 4.48. The Hall–Kier alpha value is -2.33. The van der Waals surface area contributed by atoms with Gasteiger partial charge >= 0.3 is 5.97 Å². The molecule has 0 amide bonds. The maximum Gasteiger partial charge on any atom is 0.328 e. The highest BCUT2D eigenvalue weighted by Gasteiger charge is 2.03. The molecule has 0 spiro atoms. The van der Waals surface area contributed by atoms with Crippen molar-refractivity contribution >= 4 is 23.5 Å². The van der Waals surface area contributed by atoms with E-state index in [1.807, 2.05) is 19.1 Å². The van der Waals surface area contributed by atoms with Crippen molar-refractivity contribution in [2.45, 2.75) is 16.7 Å². The fraction of sp³-hybridized carbons (Fsp3) is 0.0588. The zero-order valence-electron chi connectivity index (χ0n) is 11.4. The van der Waals surface area contributed by atoms with E-state index in [4.69, 9.17) is 5.11 Å². The van der Waals surface area contributed by atoms with Gasteiger partial charge in [-0.2, -0.15) is 0 Å². The summed E-state index contributed by atoms with van der Waals surface area (Å²) in [6.07, 6.45) is 1.90. The molecule has 1 N–H and O–H groups in total. The van der Waals surface area contributed by atoms with Crippen LogP contribution in [0.1, 0.15) is 15.9 Å². The number of hydrogen-bond donors (Lipinski definition) is 1. The van der Waals surface area contributed by atoms with Gasteiger partial charge in [0.15, 0.2) is 5.78 Å². The summed E-state index contributed by atoms with van der Waals surface area (Å²) in [5.41, 5.74) is 1.69. The Morgan fingerprint density at radius 1 is 0.905 bits per heavy atom. The van der Waals surface area contributed by atoms with E-state index < -0.39 is 5.97 Å². The van der Waals surface area contributed by atoms with Gasteiger partial charge in [0, 0.05) is 21.4 Å². The molecule has 0 heterocycles. The Morgan fingerprint density at radius 2 is 1.43 bits per heavy atom. The van der Waals surface area contributed by atoms with Crippen LogP contribution in [0.4, 0.5) is 0 Å². The third kappa shape index (κ3) is 4.61. The van der Waals surface area contributed by atoms with Crippen molar-refractivity contribution in [1.29, 1.82) is 0 Å². The van der Waals surface area contributed by atoms with Gasteiger partial charge in [0.1, 0.15) is 0 Å². The van der Waals surface area contributed by atoms with Crippen molar-refractivity contribution in [2.24, 2.45) is 0 Å². The molecule has 0 aromatic heterocycles. The second kappa shape index (κ2) is 6.90. The maximum atomic E-state index is 11.7. The van der Waals surface area contributed by atoms with Crippen molar-refractivity contribution < 1.29 is 14.7 Å². The number of carboxylic acid groups (broad SMARTS) is 1. The van der Waals surface area contributed by atoms with Crippen LogP contribution in [-0.2, 0) is 4.79 Å². The molecule has 0 aliphatic heterocycles. The number of allylic oxidation sites excluding steroid dienone is 1. The molecule has 0 unspecified atom stereocenters. The van der Waals surface area contributed by atoms with E-state index in [0.717, 1.165) is 21.9 Å². The minimum Gasteiger partial charge on any atom is -0.478 e. The van der Waals surface area contributed by atoms with E-state index in [2.05, 4.69) is 24.3 Å². The molecule has 4 heteroatoms. The average Bonchev–Trinajstić information content (AvgIpc) is 2.48. The zero-order chi connectivity index (χ0) is 15.2. The van der Waals surface area contributed by atoms with Gasteiger partial charge in [0.25, 0.3) is 0 Å². The van der Waals surface area contributed by atoms with Crippen LogP contribution in [0.3, 0.4) is 0 Å². The van der Waals surface area contributed by atoms with Crippen LogP contribution in [0.5, 0.6) is 0 Å². The van der Waals surface area contributed by atoms with Crippen molar-refractivity contribution in [1.82, 2.24) is 0 Å². The minimum absolute atomic E-state index is 0.315. The van der Waals surface area contributed by atoms with Crippen molar-refractivity contribution in [3.05, 3.63) is 71.8 Å². The van der Waals surface area contributed by atoms with Crippen LogP contribution in [0.15, 0.2) is 70.5 Å². The van der Waals surface area contributed by atoms with E-state index in [-0.39, 0.29) is 5.78 Å². The lowest BCUT2D eigenvalue weighted by Gasteiger charge is -2.03. The van der Waals surface area contributed by atoms with Crippen LogP contribution in [0.2, 0.25) is 0 Å².